The predicted molar refractivity (Wildman–Crippen MR) is 66.4 cm³/mol. The van der Waals surface area contributed by atoms with Crippen LogP contribution in [0.3, 0.4) is 0 Å². The molecule has 0 atom stereocenters. The fourth-order valence-electron chi connectivity index (χ4n) is 1.28. The smallest absolute Gasteiger partial charge is 0.343 e. The summed E-state index contributed by atoms with van der Waals surface area (Å²) in [5, 5.41) is 9.17. The van der Waals surface area contributed by atoms with Gasteiger partial charge in [0.1, 0.15) is 17.3 Å². The van der Waals surface area contributed by atoms with Crippen LogP contribution in [0.1, 0.15) is 9.88 Å². The Kier molecular flexibility index (Phi) is 3.28. The molecule has 0 saturated heterocycles. The van der Waals surface area contributed by atoms with Crippen LogP contribution in [-0.2, 0) is 15.0 Å². The van der Waals surface area contributed by atoms with Crippen molar-refractivity contribution in [3.63, 3.8) is 0 Å². The van der Waals surface area contributed by atoms with E-state index >= 15 is 0 Å². The van der Waals surface area contributed by atoms with Crippen LogP contribution < -0.4 is 4.72 Å². The average molecular weight is 287 g/mol. The number of carbonyl (C=O) groups is 1. The average Bonchev–Trinajstić information content (AvgIpc) is 2.72. The van der Waals surface area contributed by atoms with Crippen molar-refractivity contribution < 1.29 is 18.3 Å². The number of nitrogens with one attached hydrogen (secondary N) is 1. The molecule has 0 fully saturated rings. The van der Waals surface area contributed by atoms with Gasteiger partial charge in [0.15, 0.2) is 0 Å². The summed E-state index contributed by atoms with van der Waals surface area (Å²) in [6.45, 7) is 1.03. The first-order chi connectivity index (χ1) is 8.41. The summed E-state index contributed by atoms with van der Waals surface area (Å²) in [6.07, 6.45) is 2.85. The molecule has 1 aromatic heterocycles. The molecule has 0 aliphatic carbocycles. The summed E-state index contributed by atoms with van der Waals surface area (Å²) in [7, 11) is -3.97. The number of nitrogens with zero attached hydrogens (tertiary/aromatic N) is 2. The van der Waals surface area contributed by atoms with Crippen molar-refractivity contribution in [1.29, 1.82) is 0 Å². The molecule has 0 saturated carbocycles. The standard InChI is InChI=1S/C9H9N3O4S2/c1-5-3-10-9(17-5)7-2-6(8(14)4-13)11-18(15,16)12-7/h2-3,12-13H,4H2,1H3. The van der Waals surface area contributed by atoms with Crippen molar-refractivity contribution in [1.82, 2.24) is 9.71 Å². The number of aliphatic hydroxyl groups is 1. The molecule has 1 aliphatic rings. The lowest BCUT2D eigenvalue weighted by atomic mass is 10.2. The molecule has 0 amide bonds. The van der Waals surface area contributed by atoms with Gasteiger partial charge in [-0.3, -0.25) is 9.52 Å². The summed E-state index contributed by atoms with van der Waals surface area (Å²) in [6, 6.07) is 0. The molecule has 96 valence electrons. The van der Waals surface area contributed by atoms with Gasteiger partial charge < -0.3 is 5.11 Å². The van der Waals surface area contributed by atoms with Crippen LogP contribution >= 0.6 is 11.3 Å². The van der Waals surface area contributed by atoms with E-state index in [4.69, 9.17) is 5.11 Å². The summed E-state index contributed by atoms with van der Waals surface area (Å²) in [5.41, 5.74) is -0.126. The first-order valence-electron chi connectivity index (χ1n) is 4.82. The molecule has 0 aromatic carbocycles. The lowest BCUT2D eigenvalue weighted by Gasteiger charge is -2.12. The second-order valence-corrected chi connectivity index (χ2v) is 6.04. The molecular formula is C9H9N3O4S2. The van der Waals surface area contributed by atoms with Gasteiger partial charge in [0, 0.05) is 11.1 Å². The Morgan fingerprint density at radius 2 is 2.28 bits per heavy atom. The van der Waals surface area contributed by atoms with Crippen LogP contribution in [0, 0.1) is 6.92 Å². The highest BCUT2D eigenvalue weighted by atomic mass is 32.2. The molecule has 18 heavy (non-hydrogen) atoms. The minimum atomic E-state index is -3.97. The number of ketones is 1. The fourth-order valence-corrected chi connectivity index (χ4v) is 2.97. The van der Waals surface area contributed by atoms with Crippen LogP contribution in [0.2, 0.25) is 0 Å². The van der Waals surface area contributed by atoms with Gasteiger partial charge in [0.25, 0.3) is 0 Å². The van der Waals surface area contributed by atoms with Gasteiger partial charge in [0.2, 0.25) is 5.78 Å². The molecule has 7 nitrogen and oxygen atoms in total. The fraction of sp³-hybridized carbons (Fsp3) is 0.222. The third kappa shape index (κ3) is 2.63. The molecule has 2 N–H and O–H groups in total. The van der Waals surface area contributed by atoms with Gasteiger partial charge >= 0.3 is 10.2 Å². The van der Waals surface area contributed by atoms with E-state index < -0.39 is 22.6 Å². The summed E-state index contributed by atoms with van der Waals surface area (Å²) < 4.78 is 28.4. The number of allylic oxidation sites excluding steroid dienone is 1. The number of hydrogen-bond donors (Lipinski definition) is 2. The molecule has 9 heteroatoms. The SMILES string of the molecule is Cc1cnc(C2=CC(C(=O)CO)=NS(=O)(=O)N2)s1. The number of hydrogen-bond acceptors (Lipinski definition) is 6. The normalized spacial score (nSPS) is 17.7. The number of aromatic nitrogens is 1. The Hall–Kier alpha value is -1.58. The quantitative estimate of drug-likeness (QED) is 0.789. The lowest BCUT2D eigenvalue weighted by molar-refractivity contribution is -0.115. The van der Waals surface area contributed by atoms with E-state index in [-0.39, 0.29) is 11.4 Å². The van der Waals surface area contributed by atoms with Crippen molar-refractivity contribution in [3.8, 4) is 0 Å². The second-order valence-electron chi connectivity index (χ2n) is 3.47. The van der Waals surface area contributed by atoms with E-state index in [1.807, 2.05) is 6.92 Å². The van der Waals surface area contributed by atoms with Crippen LogP contribution in [0.4, 0.5) is 0 Å². The van der Waals surface area contributed by atoms with Crippen molar-refractivity contribution >= 4 is 38.7 Å². The number of Topliss-reactive ketones (excluding diaryl/α,β-unsaturated/α-hetero) is 1. The zero-order valence-corrected chi connectivity index (χ0v) is 10.9. The number of rotatable bonds is 3. The zero-order chi connectivity index (χ0) is 13.3. The third-order valence-corrected chi connectivity index (χ3v) is 3.88. The molecular weight excluding hydrogens is 278 g/mol. The Bertz CT molecular complexity index is 657. The summed E-state index contributed by atoms with van der Waals surface area (Å²) in [5.74, 6) is -0.758. The van der Waals surface area contributed by atoms with Crippen molar-refractivity contribution in [3.05, 3.63) is 22.2 Å². The van der Waals surface area contributed by atoms with Crippen molar-refractivity contribution in [2.24, 2.45) is 4.40 Å². The van der Waals surface area contributed by atoms with Crippen molar-refractivity contribution in [2.45, 2.75) is 6.92 Å². The van der Waals surface area contributed by atoms with Gasteiger partial charge in [-0.25, -0.2) is 4.98 Å². The van der Waals surface area contributed by atoms with Gasteiger partial charge in [-0.15, -0.1) is 15.7 Å². The predicted octanol–water partition coefficient (Wildman–Crippen LogP) is -0.357. The highest BCUT2D eigenvalue weighted by molar-refractivity contribution is 7.88. The minimum Gasteiger partial charge on any atom is -0.388 e. The summed E-state index contributed by atoms with van der Waals surface area (Å²) in [4.78, 5) is 16.2. The van der Waals surface area contributed by atoms with Crippen LogP contribution in [0.25, 0.3) is 5.70 Å². The van der Waals surface area contributed by atoms with E-state index in [9.17, 15) is 13.2 Å². The van der Waals surface area contributed by atoms with E-state index in [1.54, 1.807) is 6.20 Å². The molecule has 0 bridgehead atoms. The molecule has 1 aliphatic heterocycles. The maximum Gasteiger partial charge on any atom is 0.343 e. The highest BCUT2D eigenvalue weighted by Gasteiger charge is 2.23. The van der Waals surface area contributed by atoms with Crippen LogP contribution in [-0.4, -0.2) is 36.6 Å². The lowest BCUT2D eigenvalue weighted by Crippen LogP contribution is -2.29. The molecule has 0 radical (unpaired) electrons. The molecule has 0 spiro atoms. The number of carbonyl (C=O) groups excluding carboxylic acids is 1. The number of thiazole rings is 1. The minimum absolute atomic E-state index is 0.180. The van der Waals surface area contributed by atoms with E-state index in [2.05, 4.69) is 14.1 Å². The van der Waals surface area contributed by atoms with Crippen LogP contribution in [0.15, 0.2) is 16.7 Å². The molecule has 1 aromatic rings. The van der Waals surface area contributed by atoms with Crippen molar-refractivity contribution in [2.75, 3.05) is 6.61 Å². The number of aryl methyl sites for hydroxylation is 1. The van der Waals surface area contributed by atoms with Gasteiger partial charge in [-0.1, -0.05) is 0 Å². The Balaban J connectivity index is 2.47. The van der Waals surface area contributed by atoms with Crippen LogP contribution in [0.5, 0.6) is 0 Å². The molecule has 0 unspecified atom stereocenters. The summed E-state index contributed by atoms with van der Waals surface area (Å²) >= 11 is 1.28. The third-order valence-electron chi connectivity index (χ3n) is 2.02. The first-order valence-corrected chi connectivity index (χ1v) is 7.08. The Labute approximate surface area is 107 Å². The second kappa shape index (κ2) is 4.59. The Morgan fingerprint density at radius 1 is 1.56 bits per heavy atom. The van der Waals surface area contributed by atoms with Gasteiger partial charge in [0.05, 0.1) is 5.70 Å². The van der Waals surface area contributed by atoms with E-state index in [0.717, 1.165) is 4.88 Å². The topological polar surface area (TPSA) is 109 Å². The Morgan fingerprint density at radius 3 is 2.83 bits per heavy atom. The van der Waals surface area contributed by atoms with Gasteiger partial charge in [-0.05, 0) is 13.0 Å². The number of aliphatic hydroxyl groups excluding tert-OH is 1. The van der Waals surface area contributed by atoms with E-state index in [1.165, 1.54) is 17.4 Å². The maximum atomic E-state index is 11.5. The first kappa shape index (κ1) is 12.9. The highest BCUT2D eigenvalue weighted by Crippen LogP contribution is 2.21. The maximum absolute atomic E-state index is 11.5. The molecule has 2 rings (SSSR count). The molecule has 2 heterocycles. The monoisotopic (exact) mass is 287 g/mol. The van der Waals surface area contributed by atoms with E-state index in [0.29, 0.717) is 5.01 Å². The van der Waals surface area contributed by atoms with Gasteiger partial charge in [-0.2, -0.15) is 8.42 Å². The largest absolute Gasteiger partial charge is 0.388 e. The zero-order valence-electron chi connectivity index (χ0n) is 9.24.